The summed E-state index contributed by atoms with van der Waals surface area (Å²) in [6, 6.07) is 15.4. The van der Waals surface area contributed by atoms with Gasteiger partial charge in [-0.25, -0.2) is 0 Å². The van der Waals surface area contributed by atoms with Crippen LogP contribution in [0.3, 0.4) is 0 Å². The molecule has 0 radical (unpaired) electrons. The van der Waals surface area contributed by atoms with E-state index in [0.29, 0.717) is 23.2 Å². The van der Waals surface area contributed by atoms with Crippen molar-refractivity contribution in [2.75, 3.05) is 6.61 Å². The first kappa shape index (κ1) is 22.4. The molecule has 0 saturated carbocycles. The third kappa shape index (κ3) is 6.91. The molecular weight excluding hydrogens is 436 g/mol. The largest absolute Gasteiger partial charge is 0.492 e. The Kier molecular flexibility index (Phi) is 8.93. The fourth-order valence-corrected chi connectivity index (χ4v) is 3.37. The predicted molar refractivity (Wildman–Crippen MR) is 122 cm³/mol. The lowest BCUT2D eigenvalue weighted by Crippen LogP contribution is -2.40. The summed E-state index contributed by atoms with van der Waals surface area (Å²) in [7, 11) is 0. The van der Waals surface area contributed by atoms with Crippen LogP contribution < -0.4 is 15.4 Å². The average Bonchev–Trinajstić information content (AvgIpc) is 2.67. The van der Waals surface area contributed by atoms with Crippen molar-refractivity contribution in [2.24, 2.45) is 5.92 Å². The summed E-state index contributed by atoms with van der Waals surface area (Å²) in [6.07, 6.45) is 1.84. The van der Waals surface area contributed by atoms with Gasteiger partial charge in [-0.3, -0.25) is 10.1 Å². The smallest absolute Gasteiger partial charge is 0.257 e. The predicted octanol–water partition coefficient (Wildman–Crippen LogP) is 5.63. The third-order valence-electron chi connectivity index (χ3n) is 4.29. The van der Waals surface area contributed by atoms with Gasteiger partial charge in [0.05, 0.1) is 17.1 Å². The Labute approximate surface area is 181 Å². The number of carbonyl (C=O) groups is 1. The van der Waals surface area contributed by atoms with Crippen LogP contribution in [0.2, 0.25) is 0 Å². The van der Waals surface area contributed by atoms with Gasteiger partial charge in [0.1, 0.15) is 5.75 Å². The molecule has 0 heterocycles. The van der Waals surface area contributed by atoms with E-state index in [-0.39, 0.29) is 11.9 Å². The van der Waals surface area contributed by atoms with E-state index in [1.807, 2.05) is 30.3 Å². The number of thiocarbonyl (C=S) groups is 1. The zero-order valence-electron chi connectivity index (χ0n) is 16.5. The van der Waals surface area contributed by atoms with E-state index in [1.165, 1.54) is 0 Å². The zero-order valence-corrected chi connectivity index (χ0v) is 18.9. The highest BCUT2D eigenvalue weighted by molar-refractivity contribution is 9.10. The van der Waals surface area contributed by atoms with Crippen molar-refractivity contribution in [3.63, 3.8) is 0 Å². The third-order valence-corrected chi connectivity index (χ3v) is 5.13. The second-order valence-corrected chi connectivity index (χ2v) is 8.24. The van der Waals surface area contributed by atoms with Crippen LogP contribution in [0, 0.1) is 5.92 Å². The molecule has 2 aromatic rings. The maximum absolute atomic E-state index is 12.5. The SMILES string of the molecule is CCC(NC(=S)NC(=O)c1ccc(OCCC(C)C)c(Br)c1)c1ccccc1. The summed E-state index contributed by atoms with van der Waals surface area (Å²) in [5.41, 5.74) is 1.65. The Morgan fingerprint density at radius 1 is 1.18 bits per heavy atom. The van der Waals surface area contributed by atoms with Crippen LogP contribution in [0.4, 0.5) is 0 Å². The fraction of sp³-hybridized carbons (Fsp3) is 0.364. The van der Waals surface area contributed by atoms with Gasteiger partial charge in [-0.2, -0.15) is 0 Å². The van der Waals surface area contributed by atoms with Gasteiger partial charge >= 0.3 is 0 Å². The fourth-order valence-electron chi connectivity index (χ4n) is 2.64. The molecule has 1 unspecified atom stereocenters. The molecule has 0 aliphatic heterocycles. The number of halogens is 1. The van der Waals surface area contributed by atoms with Crippen LogP contribution in [0.15, 0.2) is 53.0 Å². The standard InChI is InChI=1S/C22H27BrN2O2S/c1-4-19(16-8-6-5-7-9-16)24-22(28)25-21(26)17-10-11-20(18(23)14-17)27-13-12-15(2)3/h5-11,14-15,19H,4,12-13H2,1-3H3,(H2,24,25,26,28). The van der Waals surface area contributed by atoms with E-state index in [2.05, 4.69) is 47.3 Å². The summed E-state index contributed by atoms with van der Waals surface area (Å²) in [4.78, 5) is 12.5. The molecule has 0 spiro atoms. The van der Waals surface area contributed by atoms with Gasteiger partial charge in [0.2, 0.25) is 0 Å². The lowest BCUT2D eigenvalue weighted by Gasteiger charge is -2.19. The Morgan fingerprint density at radius 2 is 1.89 bits per heavy atom. The molecule has 150 valence electrons. The minimum Gasteiger partial charge on any atom is -0.492 e. The quantitative estimate of drug-likeness (QED) is 0.499. The molecular formula is C22H27BrN2O2S. The number of rotatable bonds is 8. The molecule has 2 N–H and O–H groups in total. The van der Waals surface area contributed by atoms with Gasteiger partial charge in [-0.15, -0.1) is 0 Å². The summed E-state index contributed by atoms with van der Waals surface area (Å²) in [5, 5.41) is 6.28. The first-order valence-electron chi connectivity index (χ1n) is 9.49. The van der Waals surface area contributed by atoms with Crippen LogP contribution in [0.5, 0.6) is 5.75 Å². The first-order chi connectivity index (χ1) is 13.4. The van der Waals surface area contributed by atoms with Crippen LogP contribution >= 0.6 is 28.1 Å². The average molecular weight is 463 g/mol. The molecule has 0 fully saturated rings. The Balaban J connectivity index is 1.94. The van der Waals surface area contributed by atoms with Crippen molar-refractivity contribution in [3.8, 4) is 5.75 Å². The summed E-state index contributed by atoms with van der Waals surface area (Å²) in [6.45, 7) is 7.03. The molecule has 2 rings (SSSR count). The number of nitrogens with one attached hydrogen (secondary N) is 2. The Bertz CT molecular complexity index is 796. The van der Waals surface area contributed by atoms with Crippen LogP contribution in [-0.4, -0.2) is 17.6 Å². The first-order valence-corrected chi connectivity index (χ1v) is 10.7. The van der Waals surface area contributed by atoms with Crippen molar-refractivity contribution >= 4 is 39.2 Å². The summed E-state index contributed by atoms with van der Waals surface area (Å²) in [5.74, 6) is 1.06. The summed E-state index contributed by atoms with van der Waals surface area (Å²) < 4.78 is 6.51. The van der Waals surface area contributed by atoms with Gasteiger partial charge < -0.3 is 10.1 Å². The lowest BCUT2D eigenvalue weighted by molar-refractivity contribution is 0.0976. The number of benzene rings is 2. The van der Waals surface area contributed by atoms with E-state index in [4.69, 9.17) is 17.0 Å². The second kappa shape index (κ2) is 11.2. The molecule has 1 amide bonds. The normalized spacial score (nSPS) is 11.8. The lowest BCUT2D eigenvalue weighted by atomic mass is 10.1. The molecule has 1 atom stereocenters. The van der Waals surface area contributed by atoms with E-state index >= 15 is 0 Å². The highest BCUT2D eigenvalue weighted by Crippen LogP contribution is 2.26. The van der Waals surface area contributed by atoms with Gasteiger partial charge in [0, 0.05) is 5.56 Å². The second-order valence-electron chi connectivity index (χ2n) is 6.98. The molecule has 0 saturated heterocycles. The van der Waals surface area contributed by atoms with E-state index in [1.54, 1.807) is 18.2 Å². The van der Waals surface area contributed by atoms with Crippen LogP contribution in [0.25, 0.3) is 0 Å². The summed E-state index contributed by atoms with van der Waals surface area (Å²) >= 11 is 8.81. The van der Waals surface area contributed by atoms with Crippen molar-refractivity contribution in [1.29, 1.82) is 0 Å². The Morgan fingerprint density at radius 3 is 2.50 bits per heavy atom. The highest BCUT2D eigenvalue weighted by Gasteiger charge is 2.14. The maximum Gasteiger partial charge on any atom is 0.257 e. The van der Waals surface area contributed by atoms with Crippen molar-refractivity contribution in [2.45, 2.75) is 39.7 Å². The van der Waals surface area contributed by atoms with Gasteiger partial charge in [0.25, 0.3) is 5.91 Å². The molecule has 28 heavy (non-hydrogen) atoms. The molecule has 0 aliphatic rings. The van der Waals surface area contributed by atoms with Crippen LogP contribution in [-0.2, 0) is 0 Å². The van der Waals surface area contributed by atoms with E-state index < -0.39 is 0 Å². The molecule has 6 heteroatoms. The number of hydrogen-bond acceptors (Lipinski definition) is 3. The number of ether oxygens (including phenoxy) is 1. The molecule has 0 bridgehead atoms. The minimum atomic E-state index is -0.255. The molecule has 4 nitrogen and oxygen atoms in total. The Hall–Kier alpha value is -1.92. The van der Waals surface area contributed by atoms with Gasteiger partial charge in [-0.05, 0) is 70.7 Å². The van der Waals surface area contributed by atoms with Crippen molar-refractivity contribution in [3.05, 3.63) is 64.1 Å². The van der Waals surface area contributed by atoms with Gasteiger partial charge in [-0.1, -0.05) is 51.1 Å². The van der Waals surface area contributed by atoms with Gasteiger partial charge in [0.15, 0.2) is 5.11 Å². The van der Waals surface area contributed by atoms with E-state index in [9.17, 15) is 4.79 Å². The number of amides is 1. The maximum atomic E-state index is 12.5. The molecule has 2 aromatic carbocycles. The molecule has 0 aliphatic carbocycles. The molecule has 0 aromatic heterocycles. The highest BCUT2D eigenvalue weighted by atomic mass is 79.9. The number of hydrogen-bond donors (Lipinski definition) is 2. The zero-order chi connectivity index (χ0) is 20.5. The number of carbonyl (C=O) groups excluding carboxylic acids is 1. The minimum absolute atomic E-state index is 0.0532. The monoisotopic (exact) mass is 462 g/mol. The van der Waals surface area contributed by atoms with Crippen molar-refractivity contribution < 1.29 is 9.53 Å². The van der Waals surface area contributed by atoms with Crippen molar-refractivity contribution in [1.82, 2.24) is 10.6 Å². The van der Waals surface area contributed by atoms with Crippen LogP contribution in [0.1, 0.15) is 55.6 Å². The topological polar surface area (TPSA) is 50.4 Å². The van der Waals surface area contributed by atoms with E-state index in [0.717, 1.165) is 28.6 Å².